The zero-order valence-electron chi connectivity index (χ0n) is 20.5. The lowest BCUT2D eigenvalue weighted by Crippen LogP contribution is -2.20. The van der Waals surface area contributed by atoms with Crippen molar-refractivity contribution in [2.24, 2.45) is 4.99 Å². The van der Waals surface area contributed by atoms with E-state index >= 15 is 0 Å². The predicted molar refractivity (Wildman–Crippen MR) is 143 cm³/mol. The van der Waals surface area contributed by atoms with E-state index in [-0.39, 0.29) is 0 Å². The summed E-state index contributed by atoms with van der Waals surface area (Å²) in [6.45, 7) is 6.01. The lowest BCUT2D eigenvalue weighted by molar-refractivity contribution is 0.566. The third kappa shape index (κ3) is 6.64. The summed E-state index contributed by atoms with van der Waals surface area (Å²) >= 11 is 0. The minimum atomic E-state index is 0.437. The zero-order valence-corrected chi connectivity index (χ0v) is 20.5. The van der Waals surface area contributed by atoms with Gasteiger partial charge in [-0.15, -0.1) is 0 Å². The van der Waals surface area contributed by atoms with Gasteiger partial charge in [-0.3, -0.25) is 4.99 Å². The summed E-state index contributed by atoms with van der Waals surface area (Å²) in [5.41, 5.74) is 5.16. The molecule has 0 bridgehead atoms. The molecular formula is C28H37N5. The fourth-order valence-corrected chi connectivity index (χ4v) is 4.26. The lowest BCUT2D eigenvalue weighted by Gasteiger charge is -2.20. The summed E-state index contributed by atoms with van der Waals surface area (Å²) in [5.74, 6) is 1.60. The van der Waals surface area contributed by atoms with E-state index in [1.807, 2.05) is 44.4 Å². The minimum absolute atomic E-state index is 0.437. The normalized spacial score (nSPS) is 16.0. The SMILES string of the molecule is C=C/C(=C\N(C)C)c1cccc(-c2ncc(C(/C=N\C)=C/C)c(NC3CCCCCC3)n2)c1. The number of aromatic nitrogens is 2. The first-order valence-electron chi connectivity index (χ1n) is 11.9. The van der Waals surface area contributed by atoms with Gasteiger partial charge < -0.3 is 10.2 Å². The van der Waals surface area contributed by atoms with Crippen LogP contribution in [0.1, 0.15) is 56.6 Å². The van der Waals surface area contributed by atoms with Crippen molar-refractivity contribution in [3.8, 4) is 11.4 Å². The highest BCUT2D eigenvalue weighted by Crippen LogP contribution is 2.29. The summed E-state index contributed by atoms with van der Waals surface area (Å²) in [7, 11) is 5.82. The van der Waals surface area contributed by atoms with Crippen molar-refractivity contribution in [2.45, 2.75) is 51.5 Å². The molecule has 5 heteroatoms. The molecule has 33 heavy (non-hydrogen) atoms. The maximum atomic E-state index is 5.03. The van der Waals surface area contributed by atoms with Crippen LogP contribution in [-0.2, 0) is 0 Å². The van der Waals surface area contributed by atoms with Gasteiger partial charge in [-0.2, -0.15) is 0 Å². The molecule has 2 aromatic rings. The summed E-state index contributed by atoms with van der Waals surface area (Å²) in [6, 6.07) is 8.77. The molecule has 1 fully saturated rings. The third-order valence-corrected chi connectivity index (χ3v) is 5.95. The molecule has 1 aromatic heterocycles. The van der Waals surface area contributed by atoms with E-state index in [2.05, 4.69) is 53.4 Å². The van der Waals surface area contributed by atoms with Gasteiger partial charge in [-0.1, -0.05) is 62.6 Å². The summed E-state index contributed by atoms with van der Waals surface area (Å²) in [5, 5.41) is 3.76. The fraction of sp³-hybridized carbons (Fsp3) is 0.393. The zero-order chi connectivity index (χ0) is 23.6. The molecule has 1 saturated carbocycles. The number of nitrogens with one attached hydrogen (secondary N) is 1. The second-order valence-electron chi connectivity index (χ2n) is 8.75. The van der Waals surface area contributed by atoms with Crippen molar-refractivity contribution in [1.82, 2.24) is 14.9 Å². The molecule has 0 spiro atoms. The monoisotopic (exact) mass is 443 g/mol. The number of benzene rings is 1. The van der Waals surface area contributed by atoms with Crippen LogP contribution in [0.4, 0.5) is 5.82 Å². The quantitative estimate of drug-likeness (QED) is 0.288. The van der Waals surface area contributed by atoms with E-state index < -0.39 is 0 Å². The third-order valence-electron chi connectivity index (χ3n) is 5.95. The maximum absolute atomic E-state index is 5.03. The molecule has 5 nitrogen and oxygen atoms in total. The Morgan fingerprint density at radius 3 is 2.55 bits per heavy atom. The van der Waals surface area contributed by atoms with Crippen molar-refractivity contribution in [3.63, 3.8) is 0 Å². The minimum Gasteiger partial charge on any atom is -0.383 e. The van der Waals surface area contributed by atoms with Crippen molar-refractivity contribution in [1.29, 1.82) is 0 Å². The van der Waals surface area contributed by atoms with E-state index in [9.17, 15) is 0 Å². The summed E-state index contributed by atoms with van der Waals surface area (Å²) in [4.78, 5) is 16.0. The molecule has 0 aliphatic heterocycles. The standard InChI is InChI=1S/C28H37N5/c1-6-21(18-29-3)26-19-30-27(32-28(26)31-25-15-10-8-9-11-16-25)24-14-12-13-23(17-24)22(7-2)20-33(4)5/h6-7,12-14,17-20,25H,2,8-11,15-16H2,1,3-5H3,(H,30,31,32)/b21-6+,22-20+,29-18-. The number of hydrogen-bond donors (Lipinski definition) is 1. The van der Waals surface area contributed by atoms with Gasteiger partial charge in [-0.25, -0.2) is 9.97 Å². The number of nitrogens with zero attached hydrogens (tertiary/aromatic N) is 4. The number of anilines is 1. The van der Waals surface area contributed by atoms with Gasteiger partial charge in [0.1, 0.15) is 5.82 Å². The van der Waals surface area contributed by atoms with Crippen LogP contribution in [0.15, 0.2) is 60.4 Å². The molecule has 0 radical (unpaired) electrons. The second-order valence-corrected chi connectivity index (χ2v) is 8.75. The van der Waals surface area contributed by atoms with Crippen molar-refractivity contribution in [3.05, 3.63) is 66.5 Å². The molecule has 0 amide bonds. The molecule has 1 aromatic carbocycles. The van der Waals surface area contributed by atoms with Gasteiger partial charge in [-0.05, 0) is 37.0 Å². The first kappa shape index (κ1) is 24.4. The number of aliphatic imine (C=N–C) groups is 1. The molecule has 3 rings (SSSR count). The largest absolute Gasteiger partial charge is 0.383 e. The van der Waals surface area contributed by atoms with Crippen LogP contribution in [0.3, 0.4) is 0 Å². The molecule has 0 saturated heterocycles. The van der Waals surface area contributed by atoms with Gasteiger partial charge in [0.05, 0.1) is 0 Å². The Hall–Kier alpha value is -3.21. The maximum Gasteiger partial charge on any atom is 0.161 e. The van der Waals surface area contributed by atoms with E-state index in [4.69, 9.17) is 9.97 Å². The Morgan fingerprint density at radius 1 is 1.15 bits per heavy atom. The molecule has 0 unspecified atom stereocenters. The Labute approximate surface area is 199 Å². The van der Waals surface area contributed by atoms with Gasteiger partial charge >= 0.3 is 0 Å². The van der Waals surface area contributed by atoms with Crippen molar-refractivity contribution >= 4 is 23.2 Å². The molecule has 1 aliphatic rings. The van der Waals surface area contributed by atoms with E-state index in [1.54, 1.807) is 7.05 Å². The second kappa shape index (κ2) is 12.1. The van der Waals surface area contributed by atoms with Crippen LogP contribution in [0.2, 0.25) is 0 Å². The smallest absolute Gasteiger partial charge is 0.161 e. The van der Waals surface area contributed by atoms with Crippen LogP contribution >= 0.6 is 0 Å². The van der Waals surface area contributed by atoms with Crippen LogP contribution < -0.4 is 5.32 Å². The predicted octanol–water partition coefficient (Wildman–Crippen LogP) is 6.47. The Kier molecular flexibility index (Phi) is 8.99. The first-order valence-corrected chi connectivity index (χ1v) is 11.9. The number of hydrogen-bond acceptors (Lipinski definition) is 5. The molecule has 1 heterocycles. The van der Waals surface area contributed by atoms with Crippen LogP contribution in [0.25, 0.3) is 22.5 Å². The average Bonchev–Trinajstić information content (AvgIpc) is 3.10. The molecular weight excluding hydrogens is 406 g/mol. The topological polar surface area (TPSA) is 53.4 Å². The van der Waals surface area contributed by atoms with Gasteiger partial charge in [0.2, 0.25) is 0 Å². The average molecular weight is 444 g/mol. The highest BCUT2D eigenvalue weighted by Gasteiger charge is 2.17. The molecule has 174 valence electrons. The molecule has 0 atom stereocenters. The van der Waals surface area contributed by atoms with Gasteiger partial charge in [0, 0.05) is 62.5 Å². The van der Waals surface area contributed by atoms with Crippen LogP contribution in [0, 0.1) is 0 Å². The van der Waals surface area contributed by atoms with Crippen molar-refractivity contribution in [2.75, 3.05) is 26.5 Å². The van der Waals surface area contributed by atoms with Crippen LogP contribution in [-0.4, -0.2) is 48.3 Å². The van der Waals surface area contributed by atoms with Gasteiger partial charge in [0.25, 0.3) is 0 Å². The highest BCUT2D eigenvalue weighted by molar-refractivity contribution is 6.11. The van der Waals surface area contributed by atoms with E-state index in [0.717, 1.165) is 33.7 Å². The number of rotatable bonds is 8. The fourth-order valence-electron chi connectivity index (χ4n) is 4.26. The molecule has 1 aliphatic carbocycles. The van der Waals surface area contributed by atoms with Crippen LogP contribution in [0.5, 0.6) is 0 Å². The first-order chi connectivity index (χ1) is 16.0. The highest BCUT2D eigenvalue weighted by atomic mass is 15.1. The Morgan fingerprint density at radius 2 is 1.91 bits per heavy atom. The summed E-state index contributed by atoms with van der Waals surface area (Å²) < 4.78 is 0. The summed E-state index contributed by atoms with van der Waals surface area (Å²) in [6.07, 6.45) is 17.3. The van der Waals surface area contributed by atoms with E-state index in [1.165, 1.54) is 38.5 Å². The van der Waals surface area contributed by atoms with E-state index in [0.29, 0.717) is 11.9 Å². The lowest BCUT2D eigenvalue weighted by atomic mass is 10.0. The van der Waals surface area contributed by atoms with Gasteiger partial charge in [0.15, 0.2) is 5.82 Å². The Bertz CT molecular complexity index is 1020. The number of allylic oxidation sites excluding steroid dienone is 4. The van der Waals surface area contributed by atoms with Crippen molar-refractivity contribution < 1.29 is 0 Å². The Balaban J connectivity index is 2.03. The molecule has 1 N–H and O–H groups in total.